The van der Waals surface area contributed by atoms with Crippen molar-refractivity contribution in [3.05, 3.63) is 57.6 Å². The number of allylic oxidation sites excluding steroid dienone is 4. The minimum Gasteiger partial charge on any atom is -0.463 e. The van der Waals surface area contributed by atoms with Gasteiger partial charge in [0.15, 0.2) is 0 Å². The predicted octanol–water partition coefficient (Wildman–Crippen LogP) is 5.97. The third-order valence-corrected chi connectivity index (χ3v) is 5.27. The highest BCUT2D eigenvalue weighted by Crippen LogP contribution is 2.23. The number of hydrogen-bond donors (Lipinski definition) is 1. The Bertz CT molecular complexity index is 818. The highest BCUT2D eigenvalue weighted by Gasteiger charge is 2.13. The van der Waals surface area contributed by atoms with Gasteiger partial charge in [0, 0.05) is 17.6 Å². The maximum atomic E-state index is 11.6. The van der Waals surface area contributed by atoms with Crippen LogP contribution in [0.2, 0.25) is 0 Å². The second-order valence-corrected chi connectivity index (χ2v) is 8.09. The maximum Gasteiger partial charge on any atom is 0.333 e. The van der Waals surface area contributed by atoms with Gasteiger partial charge >= 0.3 is 5.97 Å². The first-order valence-electron chi connectivity index (χ1n) is 11.4. The van der Waals surface area contributed by atoms with Gasteiger partial charge in [-0.3, -0.25) is 0 Å². The van der Waals surface area contributed by atoms with Crippen LogP contribution >= 0.6 is 11.3 Å². The summed E-state index contributed by atoms with van der Waals surface area (Å²) in [5.74, 6) is -0.297. The molecule has 184 valence electrons. The van der Waals surface area contributed by atoms with Gasteiger partial charge in [0.2, 0.25) is 0 Å². The van der Waals surface area contributed by atoms with Gasteiger partial charge in [-0.05, 0) is 64.7 Å². The molecule has 2 rings (SSSR count). The summed E-state index contributed by atoms with van der Waals surface area (Å²) in [7, 11) is 0. The minimum absolute atomic E-state index is 0.0833. The highest BCUT2D eigenvalue weighted by molar-refractivity contribution is 7.09. The first-order valence-corrected chi connectivity index (χ1v) is 12.3. The predicted molar refractivity (Wildman–Crippen MR) is 138 cm³/mol. The molecule has 2 heterocycles. The van der Waals surface area contributed by atoms with Crippen LogP contribution in [0.5, 0.6) is 0 Å². The molecule has 0 radical (unpaired) electrons. The fourth-order valence-corrected chi connectivity index (χ4v) is 3.62. The number of nitrogens with zero attached hydrogens (tertiary/aromatic N) is 1. The van der Waals surface area contributed by atoms with E-state index in [-0.39, 0.29) is 18.1 Å². The van der Waals surface area contributed by atoms with Gasteiger partial charge in [0.05, 0.1) is 18.3 Å². The lowest BCUT2D eigenvalue weighted by atomic mass is 10.1. The third-order valence-electron chi connectivity index (χ3n) is 4.28. The van der Waals surface area contributed by atoms with Crippen LogP contribution in [0, 0.1) is 0 Å². The van der Waals surface area contributed by atoms with Crippen LogP contribution in [0.25, 0.3) is 6.08 Å². The van der Waals surface area contributed by atoms with Gasteiger partial charge in [0.25, 0.3) is 0 Å². The van der Waals surface area contributed by atoms with E-state index in [4.69, 9.17) is 15.2 Å². The highest BCUT2D eigenvalue weighted by atomic mass is 32.1. The molecule has 0 amide bonds. The average Bonchev–Trinajstić information content (AvgIpc) is 3.48. The van der Waals surface area contributed by atoms with E-state index in [0.717, 1.165) is 47.6 Å². The van der Waals surface area contributed by atoms with Gasteiger partial charge in [-0.25, -0.2) is 9.78 Å². The van der Waals surface area contributed by atoms with Crippen LogP contribution in [0.3, 0.4) is 0 Å². The lowest BCUT2D eigenvalue weighted by Crippen LogP contribution is -2.10. The standard InChI is InChI=1S/C19H26N2O2S.C5H8O2.C2H6/c1-6-8-13(3)11-17(20)18-21-16(12-24-18)10-14(4)9-15(5)19(22)23-7-2;6-4-5-2-1-3-7-5;1-2/h6,8-10,12,17H,3,7,11,20H2,1-2,4-5H3;4-5H,1-3H2;1-2H3/b8-6-,14-10+,15-9-;;. The summed E-state index contributed by atoms with van der Waals surface area (Å²) in [4.78, 5) is 26.1. The van der Waals surface area contributed by atoms with Crippen LogP contribution in [-0.4, -0.2) is 36.6 Å². The van der Waals surface area contributed by atoms with Crippen LogP contribution in [0.4, 0.5) is 0 Å². The SMILES string of the molecule is C=C(/C=C\C)CC(N)c1nc(/C=C(C)/C=C(/C)C(=O)OCC)cs1.CC.O=CC1CCCO1. The summed E-state index contributed by atoms with van der Waals surface area (Å²) in [5, 5.41) is 2.84. The number of aromatic nitrogens is 1. The van der Waals surface area contributed by atoms with E-state index >= 15 is 0 Å². The van der Waals surface area contributed by atoms with Gasteiger partial charge in [-0.2, -0.15) is 0 Å². The van der Waals surface area contributed by atoms with Gasteiger partial charge < -0.3 is 20.0 Å². The molecule has 2 atom stereocenters. The quantitative estimate of drug-likeness (QED) is 0.204. The lowest BCUT2D eigenvalue weighted by Gasteiger charge is -2.07. The van der Waals surface area contributed by atoms with Gasteiger partial charge in [0.1, 0.15) is 17.4 Å². The number of esters is 1. The van der Waals surface area contributed by atoms with Crippen molar-refractivity contribution in [3.8, 4) is 0 Å². The Balaban J connectivity index is 0.000000950. The normalized spacial score (nSPS) is 16.9. The molecule has 1 aromatic rings. The second kappa shape index (κ2) is 18.1. The molecule has 0 aliphatic carbocycles. The molecular weight excluding hydrogens is 436 g/mol. The van der Waals surface area contributed by atoms with Crippen LogP contribution in [0.1, 0.15) is 77.5 Å². The third kappa shape index (κ3) is 13.1. The molecule has 2 unspecified atom stereocenters. The summed E-state index contributed by atoms with van der Waals surface area (Å²) in [6, 6.07) is -0.155. The van der Waals surface area contributed by atoms with Gasteiger partial charge in [-0.15, -0.1) is 11.3 Å². The van der Waals surface area contributed by atoms with E-state index in [1.54, 1.807) is 19.9 Å². The monoisotopic (exact) mass is 476 g/mol. The molecule has 0 bridgehead atoms. The summed E-state index contributed by atoms with van der Waals surface area (Å²) < 4.78 is 9.90. The molecule has 6 nitrogen and oxygen atoms in total. The molecule has 1 fully saturated rings. The zero-order valence-corrected chi connectivity index (χ0v) is 21.7. The van der Waals surface area contributed by atoms with Crippen LogP contribution < -0.4 is 5.73 Å². The molecule has 33 heavy (non-hydrogen) atoms. The smallest absolute Gasteiger partial charge is 0.333 e. The summed E-state index contributed by atoms with van der Waals surface area (Å²) in [6.45, 7) is 16.5. The number of ether oxygens (including phenoxy) is 2. The molecule has 2 N–H and O–H groups in total. The molecule has 0 aromatic carbocycles. The van der Waals surface area contributed by atoms with Crippen LogP contribution in [-0.2, 0) is 19.1 Å². The van der Waals surface area contributed by atoms with Crippen molar-refractivity contribution in [2.24, 2.45) is 5.73 Å². The Morgan fingerprint density at radius 1 is 1.42 bits per heavy atom. The Labute approximate surface area is 203 Å². The zero-order valence-electron chi connectivity index (χ0n) is 20.9. The van der Waals surface area contributed by atoms with Crippen molar-refractivity contribution in [2.75, 3.05) is 13.2 Å². The number of nitrogens with two attached hydrogens (primary N) is 1. The molecule has 1 aliphatic heterocycles. The molecule has 0 spiro atoms. The van der Waals surface area contributed by atoms with Crippen molar-refractivity contribution < 1.29 is 19.1 Å². The minimum atomic E-state index is -0.297. The Kier molecular flexibility index (Phi) is 16.8. The van der Waals surface area contributed by atoms with Crippen molar-refractivity contribution in [2.45, 2.75) is 73.0 Å². The van der Waals surface area contributed by atoms with E-state index in [9.17, 15) is 9.59 Å². The molecule has 0 saturated carbocycles. The summed E-state index contributed by atoms with van der Waals surface area (Å²) in [6.07, 6.45) is 11.1. The number of rotatable bonds is 9. The fraction of sp³-hybridized carbons (Fsp3) is 0.500. The molecule has 1 aliphatic rings. The zero-order chi connectivity index (χ0) is 25.2. The first-order chi connectivity index (χ1) is 15.8. The van der Waals surface area contributed by atoms with E-state index in [0.29, 0.717) is 18.6 Å². The Morgan fingerprint density at radius 3 is 2.64 bits per heavy atom. The number of hydrogen-bond acceptors (Lipinski definition) is 7. The van der Waals surface area contributed by atoms with Gasteiger partial charge in [-0.1, -0.05) is 38.2 Å². The molecule has 1 saturated heterocycles. The van der Waals surface area contributed by atoms with Crippen molar-refractivity contribution in [3.63, 3.8) is 0 Å². The topological polar surface area (TPSA) is 91.5 Å². The maximum absolute atomic E-state index is 11.6. The summed E-state index contributed by atoms with van der Waals surface area (Å²) in [5.41, 5.74) is 9.52. The molecule has 1 aromatic heterocycles. The van der Waals surface area contributed by atoms with E-state index < -0.39 is 0 Å². The number of carbonyl (C=O) groups is 2. The van der Waals surface area contributed by atoms with Crippen molar-refractivity contribution in [1.29, 1.82) is 0 Å². The number of carbonyl (C=O) groups excluding carboxylic acids is 2. The summed E-state index contributed by atoms with van der Waals surface area (Å²) >= 11 is 1.53. The lowest BCUT2D eigenvalue weighted by molar-refractivity contribution is -0.138. The first kappa shape index (κ1) is 30.7. The number of thiazole rings is 1. The second-order valence-electron chi connectivity index (χ2n) is 7.20. The van der Waals surface area contributed by atoms with E-state index in [1.165, 1.54) is 11.3 Å². The van der Waals surface area contributed by atoms with Crippen LogP contribution in [0.15, 0.2) is 46.9 Å². The van der Waals surface area contributed by atoms with E-state index in [1.807, 2.05) is 51.3 Å². The Hall–Kier alpha value is -2.35. The number of aldehydes is 1. The molecular formula is C26H40N2O4S. The largest absolute Gasteiger partial charge is 0.463 e. The van der Waals surface area contributed by atoms with E-state index in [2.05, 4.69) is 11.6 Å². The van der Waals surface area contributed by atoms with Crippen molar-refractivity contribution in [1.82, 2.24) is 4.98 Å². The fourth-order valence-electron chi connectivity index (χ4n) is 2.84. The average molecular weight is 477 g/mol. The van der Waals surface area contributed by atoms with Crippen molar-refractivity contribution >= 4 is 29.7 Å². The molecule has 7 heteroatoms. The Morgan fingerprint density at radius 2 is 2.12 bits per heavy atom.